The van der Waals surface area contributed by atoms with Gasteiger partial charge in [0.1, 0.15) is 0 Å². The zero-order chi connectivity index (χ0) is 9.30. The van der Waals surface area contributed by atoms with E-state index in [9.17, 15) is 4.79 Å². The van der Waals surface area contributed by atoms with Crippen LogP contribution in [0.5, 0.6) is 0 Å². The number of aromatic nitrogens is 2. The molecular formula is C5H6ClN5O. The molecule has 0 unspecified atom stereocenters. The summed E-state index contributed by atoms with van der Waals surface area (Å²) in [4.78, 5) is 17.7. The highest BCUT2D eigenvalue weighted by Gasteiger charge is 2.11. The Kier molecular flexibility index (Phi) is 2.01. The van der Waals surface area contributed by atoms with Crippen molar-refractivity contribution in [3.8, 4) is 0 Å². The molecule has 0 bridgehead atoms. The van der Waals surface area contributed by atoms with Crippen LogP contribution in [0.3, 0.4) is 0 Å². The van der Waals surface area contributed by atoms with Crippen LogP contribution in [0.25, 0.3) is 0 Å². The predicted molar refractivity (Wildman–Crippen MR) is 44.4 cm³/mol. The van der Waals surface area contributed by atoms with Crippen LogP contribution in [-0.4, -0.2) is 15.9 Å². The summed E-state index contributed by atoms with van der Waals surface area (Å²) in [7, 11) is 0. The van der Waals surface area contributed by atoms with Gasteiger partial charge < -0.3 is 17.2 Å². The Morgan fingerprint density at radius 3 is 2.33 bits per heavy atom. The van der Waals surface area contributed by atoms with Crippen LogP contribution in [0, 0.1) is 0 Å². The number of hydrogen-bond acceptors (Lipinski definition) is 5. The molecule has 6 nitrogen and oxygen atoms in total. The van der Waals surface area contributed by atoms with Crippen molar-refractivity contribution < 1.29 is 4.79 Å². The normalized spacial score (nSPS) is 9.75. The Balaban J connectivity index is 3.33. The minimum absolute atomic E-state index is 0.0285. The molecule has 0 spiro atoms. The van der Waals surface area contributed by atoms with Gasteiger partial charge in [-0.25, -0.2) is 9.97 Å². The van der Waals surface area contributed by atoms with E-state index in [1.54, 1.807) is 0 Å². The molecule has 7 heteroatoms. The number of hydrogen-bond donors (Lipinski definition) is 3. The summed E-state index contributed by atoms with van der Waals surface area (Å²) < 4.78 is 0. The smallest absolute Gasteiger partial charge is 0.271 e. The van der Waals surface area contributed by atoms with Gasteiger partial charge in [0.2, 0.25) is 0 Å². The molecule has 0 radical (unpaired) electrons. The first-order chi connectivity index (χ1) is 5.52. The number of carbonyl (C=O) groups is 1. The van der Waals surface area contributed by atoms with Crippen molar-refractivity contribution >= 4 is 29.1 Å². The van der Waals surface area contributed by atoms with E-state index in [1.807, 2.05) is 0 Å². The minimum atomic E-state index is -0.790. The molecule has 64 valence electrons. The van der Waals surface area contributed by atoms with Crippen LogP contribution in [0.2, 0.25) is 5.15 Å². The second kappa shape index (κ2) is 2.82. The highest BCUT2D eigenvalue weighted by molar-refractivity contribution is 6.31. The molecule has 0 fully saturated rings. The summed E-state index contributed by atoms with van der Waals surface area (Å²) >= 11 is 5.47. The number of primary amides is 1. The lowest BCUT2D eigenvalue weighted by atomic mass is 10.4. The number of nitrogens with two attached hydrogens (primary N) is 3. The van der Waals surface area contributed by atoms with Crippen molar-refractivity contribution in [3.05, 3.63) is 10.8 Å². The quantitative estimate of drug-likeness (QED) is 0.542. The molecule has 1 heterocycles. The summed E-state index contributed by atoms with van der Waals surface area (Å²) in [6.45, 7) is 0. The summed E-state index contributed by atoms with van der Waals surface area (Å²) in [5.41, 5.74) is 15.3. The number of nitrogen functional groups attached to an aromatic ring is 2. The first-order valence-corrected chi connectivity index (χ1v) is 3.28. The molecule has 1 aromatic heterocycles. The minimum Gasteiger partial charge on any atom is -0.382 e. The maximum atomic E-state index is 10.6. The Morgan fingerprint density at radius 1 is 1.25 bits per heavy atom. The van der Waals surface area contributed by atoms with Crippen LogP contribution in [0.4, 0.5) is 11.6 Å². The molecule has 0 saturated carbocycles. The standard InChI is InChI=1S/C5H6ClN5O/c6-2-4(8)11-3(7)1(10-2)5(9)12/h(H2,9,12)(H4,7,8,11). The van der Waals surface area contributed by atoms with Crippen molar-refractivity contribution in [2.45, 2.75) is 0 Å². The molecule has 0 atom stereocenters. The highest BCUT2D eigenvalue weighted by atomic mass is 35.5. The lowest BCUT2D eigenvalue weighted by Gasteiger charge is -2.01. The van der Waals surface area contributed by atoms with E-state index >= 15 is 0 Å². The largest absolute Gasteiger partial charge is 0.382 e. The molecule has 1 rings (SSSR count). The number of amides is 1. The third kappa shape index (κ3) is 1.37. The fourth-order valence-corrected chi connectivity index (χ4v) is 0.750. The number of anilines is 2. The Hall–Kier alpha value is -1.56. The zero-order valence-electron chi connectivity index (χ0n) is 5.91. The van der Waals surface area contributed by atoms with Gasteiger partial charge in [0.25, 0.3) is 5.91 Å². The lowest BCUT2D eigenvalue weighted by molar-refractivity contribution is 0.0996. The summed E-state index contributed by atoms with van der Waals surface area (Å²) in [6.07, 6.45) is 0. The van der Waals surface area contributed by atoms with E-state index in [0.717, 1.165) is 0 Å². The van der Waals surface area contributed by atoms with Crippen LogP contribution in [0.1, 0.15) is 10.5 Å². The fourth-order valence-electron chi connectivity index (χ4n) is 0.623. The molecule has 1 aromatic rings. The lowest BCUT2D eigenvalue weighted by Crippen LogP contribution is -2.17. The van der Waals surface area contributed by atoms with E-state index in [4.69, 9.17) is 28.8 Å². The average molecular weight is 188 g/mol. The molecule has 6 N–H and O–H groups in total. The Morgan fingerprint density at radius 2 is 1.83 bits per heavy atom. The maximum Gasteiger partial charge on any atom is 0.271 e. The molecule has 1 amide bonds. The van der Waals surface area contributed by atoms with E-state index in [-0.39, 0.29) is 22.5 Å². The molecule has 12 heavy (non-hydrogen) atoms. The Bertz CT molecular complexity index is 339. The summed E-state index contributed by atoms with van der Waals surface area (Å²) in [6, 6.07) is 0. The second-order valence-corrected chi connectivity index (χ2v) is 2.36. The number of carbonyl (C=O) groups excluding carboxylic acids is 1. The van der Waals surface area contributed by atoms with Crippen LogP contribution in [0.15, 0.2) is 0 Å². The van der Waals surface area contributed by atoms with Crippen molar-refractivity contribution in [1.29, 1.82) is 0 Å². The number of halogens is 1. The van der Waals surface area contributed by atoms with E-state index in [2.05, 4.69) is 9.97 Å². The van der Waals surface area contributed by atoms with Gasteiger partial charge in [-0.15, -0.1) is 0 Å². The molecule has 0 saturated heterocycles. The van der Waals surface area contributed by atoms with Crippen molar-refractivity contribution in [1.82, 2.24) is 9.97 Å². The third-order valence-electron chi connectivity index (χ3n) is 1.14. The van der Waals surface area contributed by atoms with Gasteiger partial charge in [-0.1, -0.05) is 11.6 Å². The SMILES string of the molecule is NC(=O)c1nc(Cl)c(N)nc1N. The van der Waals surface area contributed by atoms with Gasteiger partial charge in [-0.2, -0.15) is 0 Å². The van der Waals surface area contributed by atoms with E-state index in [0.29, 0.717) is 0 Å². The van der Waals surface area contributed by atoms with Crippen LogP contribution >= 0.6 is 11.6 Å². The molecule has 0 aliphatic heterocycles. The Labute approximate surface area is 72.7 Å². The highest BCUT2D eigenvalue weighted by Crippen LogP contribution is 2.16. The number of nitrogens with zero attached hydrogens (tertiary/aromatic N) is 2. The first kappa shape index (κ1) is 8.54. The van der Waals surface area contributed by atoms with Gasteiger partial charge in [0, 0.05) is 0 Å². The van der Waals surface area contributed by atoms with Crippen molar-refractivity contribution in [2.75, 3.05) is 11.5 Å². The first-order valence-electron chi connectivity index (χ1n) is 2.90. The summed E-state index contributed by atoms with van der Waals surface area (Å²) in [5, 5.41) is -0.0852. The molecule has 0 aromatic carbocycles. The number of rotatable bonds is 1. The van der Waals surface area contributed by atoms with E-state index < -0.39 is 5.91 Å². The molecular weight excluding hydrogens is 182 g/mol. The van der Waals surface area contributed by atoms with Gasteiger partial charge in [-0.3, -0.25) is 4.79 Å². The maximum absolute atomic E-state index is 10.6. The molecule has 0 aliphatic carbocycles. The fraction of sp³-hybridized carbons (Fsp3) is 0. The average Bonchev–Trinajstić information content (AvgIpc) is 1.96. The van der Waals surface area contributed by atoms with Gasteiger partial charge >= 0.3 is 0 Å². The third-order valence-corrected chi connectivity index (χ3v) is 1.42. The van der Waals surface area contributed by atoms with Crippen LogP contribution in [-0.2, 0) is 0 Å². The zero-order valence-corrected chi connectivity index (χ0v) is 6.67. The monoisotopic (exact) mass is 187 g/mol. The van der Waals surface area contributed by atoms with Gasteiger partial charge in [0.15, 0.2) is 22.5 Å². The van der Waals surface area contributed by atoms with Gasteiger partial charge in [0.05, 0.1) is 0 Å². The van der Waals surface area contributed by atoms with Crippen molar-refractivity contribution in [2.24, 2.45) is 5.73 Å². The van der Waals surface area contributed by atoms with Gasteiger partial charge in [-0.05, 0) is 0 Å². The molecule has 0 aliphatic rings. The van der Waals surface area contributed by atoms with Crippen molar-refractivity contribution in [3.63, 3.8) is 0 Å². The van der Waals surface area contributed by atoms with E-state index in [1.165, 1.54) is 0 Å². The van der Waals surface area contributed by atoms with Crippen LogP contribution < -0.4 is 17.2 Å². The predicted octanol–water partition coefficient (Wildman–Crippen LogP) is -0.607. The summed E-state index contributed by atoms with van der Waals surface area (Å²) in [5.74, 6) is -0.939. The topological polar surface area (TPSA) is 121 Å². The second-order valence-electron chi connectivity index (χ2n) is 2.00.